The van der Waals surface area contributed by atoms with Gasteiger partial charge < -0.3 is 9.47 Å². The number of nitrogens with zero attached hydrogens (tertiary/aromatic N) is 2. The number of hydrogen-bond donors (Lipinski definition) is 0. The van der Waals surface area contributed by atoms with Gasteiger partial charge >= 0.3 is 11.9 Å². The molecule has 0 saturated carbocycles. The summed E-state index contributed by atoms with van der Waals surface area (Å²) < 4.78 is 9.89. The second kappa shape index (κ2) is 9.38. The van der Waals surface area contributed by atoms with Gasteiger partial charge in [0.2, 0.25) is 0 Å². The van der Waals surface area contributed by atoms with E-state index in [2.05, 4.69) is 0 Å². The summed E-state index contributed by atoms with van der Waals surface area (Å²) in [5.74, 6) is -5.74. The van der Waals surface area contributed by atoms with Gasteiger partial charge in [-0.1, -0.05) is 48.6 Å². The highest BCUT2D eigenvalue weighted by Crippen LogP contribution is 2.48. The van der Waals surface area contributed by atoms with Crippen LogP contribution in [0.4, 0.5) is 11.4 Å². The van der Waals surface area contributed by atoms with Crippen molar-refractivity contribution in [3.8, 4) is 0 Å². The number of nitro benzene ring substituents is 2. The zero-order valence-corrected chi connectivity index (χ0v) is 17.2. The standard InChI is InChI=1S/C22H20N2O8/c1-31-21(25)19-15(13-7-3-5-9-17(13)23(27)28)11-12-16(20(19)22(26)32-2)14-8-4-6-10-18(14)24(29)30/h3-12,15-16,19-20H,1-2H3/t15-,16+,19-,20-/m1/s1. The van der Waals surface area contributed by atoms with Crippen molar-refractivity contribution in [2.75, 3.05) is 14.2 Å². The van der Waals surface area contributed by atoms with Crippen LogP contribution in [0.15, 0.2) is 60.7 Å². The number of allylic oxidation sites excluding steroid dienone is 2. The third kappa shape index (κ3) is 4.07. The van der Waals surface area contributed by atoms with Gasteiger partial charge in [0, 0.05) is 35.1 Å². The molecule has 0 radical (unpaired) electrons. The zero-order valence-electron chi connectivity index (χ0n) is 17.2. The van der Waals surface area contributed by atoms with Crippen molar-refractivity contribution < 1.29 is 28.9 Å². The fourth-order valence-electron chi connectivity index (χ4n) is 4.25. The molecule has 0 unspecified atom stereocenters. The van der Waals surface area contributed by atoms with E-state index in [0.717, 1.165) is 14.2 Å². The lowest BCUT2D eigenvalue weighted by atomic mass is 9.66. The maximum absolute atomic E-state index is 12.9. The number of carbonyl (C=O) groups is 2. The van der Waals surface area contributed by atoms with E-state index >= 15 is 0 Å². The minimum atomic E-state index is -1.21. The largest absolute Gasteiger partial charge is 0.469 e. The highest BCUT2D eigenvalue weighted by Gasteiger charge is 2.49. The van der Waals surface area contributed by atoms with Crippen LogP contribution in [0.2, 0.25) is 0 Å². The summed E-state index contributed by atoms with van der Waals surface area (Å²) in [6.07, 6.45) is 3.12. The molecule has 3 rings (SSSR count). The Morgan fingerprint density at radius 3 is 1.38 bits per heavy atom. The number of para-hydroxylation sites is 2. The summed E-state index contributed by atoms with van der Waals surface area (Å²) in [4.78, 5) is 47.8. The number of nitro groups is 2. The molecule has 10 heteroatoms. The van der Waals surface area contributed by atoms with E-state index in [1.165, 1.54) is 36.4 Å². The summed E-state index contributed by atoms with van der Waals surface area (Å²) in [7, 11) is 2.29. The summed E-state index contributed by atoms with van der Waals surface area (Å²) in [6.45, 7) is 0. The quantitative estimate of drug-likeness (QED) is 0.288. The lowest BCUT2D eigenvalue weighted by Crippen LogP contribution is -2.41. The molecule has 32 heavy (non-hydrogen) atoms. The highest BCUT2D eigenvalue weighted by molar-refractivity contribution is 5.85. The number of methoxy groups -OCH3 is 2. The van der Waals surface area contributed by atoms with E-state index in [4.69, 9.17) is 9.47 Å². The van der Waals surface area contributed by atoms with Gasteiger partial charge in [0.25, 0.3) is 11.4 Å². The lowest BCUT2D eigenvalue weighted by molar-refractivity contribution is -0.386. The number of ether oxygens (including phenoxy) is 2. The maximum atomic E-state index is 12.9. The molecule has 0 amide bonds. The predicted molar refractivity (Wildman–Crippen MR) is 112 cm³/mol. The van der Waals surface area contributed by atoms with Crippen molar-refractivity contribution in [2.24, 2.45) is 11.8 Å². The molecule has 0 saturated heterocycles. The van der Waals surface area contributed by atoms with Crippen LogP contribution in [-0.2, 0) is 19.1 Å². The summed E-state index contributed by atoms with van der Waals surface area (Å²) in [5, 5.41) is 23.2. The van der Waals surface area contributed by atoms with Crippen molar-refractivity contribution in [3.63, 3.8) is 0 Å². The fourth-order valence-corrected chi connectivity index (χ4v) is 4.25. The molecule has 0 heterocycles. The molecule has 0 aromatic heterocycles. The van der Waals surface area contributed by atoms with Crippen molar-refractivity contribution in [2.45, 2.75) is 11.8 Å². The van der Waals surface area contributed by atoms with Gasteiger partial charge in [-0.3, -0.25) is 29.8 Å². The van der Waals surface area contributed by atoms with Crippen LogP contribution in [0.25, 0.3) is 0 Å². The van der Waals surface area contributed by atoms with Crippen LogP contribution in [-0.4, -0.2) is 36.0 Å². The van der Waals surface area contributed by atoms with Crippen molar-refractivity contribution in [1.29, 1.82) is 0 Å². The molecule has 166 valence electrons. The van der Waals surface area contributed by atoms with Gasteiger partial charge in [0.05, 0.1) is 35.9 Å². The fraction of sp³-hybridized carbons (Fsp3) is 0.273. The van der Waals surface area contributed by atoms with Gasteiger partial charge in [0.15, 0.2) is 0 Å². The average molecular weight is 440 g/mol. The van der Waals surface area contributed by atoms with Crippen LogP contribution < -0.4 is 0 Å². The van der Waals surface area contributed by atoms with E-state index in [-0.39, 0.29) is 22.5 Å². The van der Waals surface area contributed by atoms with Crippen LogP contribution in [0.1, 0.15) is 23.0 Å². The topological polar surface area (TPSA) is 139 Å². The van der Waals surface area contributed by atoms with Crippen molar-refractivity contribution >= 4 is 23.3 Å². The Kier molecular flexibility index (Phi) is 6.62. The Hall–Kier alpha value is -4.08. The highest BCUT2D eigenvalue weighted by atomic mass is 16.6. The minimum absolute atomic E-state index is 0.219. The predicted octanol–water partition coefficient (Wildman–Crippen LogP) is 3.52. The number of esters is 2. The number of hydrogen-bond acceptors (Lipinski definition) is 8. The Morgan fingerprint density at radius 1 is 0.719 bits per heavy atom. The Labute approximate surface area is 182 Å². The van der Waals surface area contributed by atoms with E-state index in [9.17, 15) is 29.8 Å². The molecule has 1 aliphatic carbocycles. The molecule has 0 bridgehead atoms. The summed E-state index contributed by atoms with van der Waals surface area (Å²) >= 11 is 0. The molecular weight excluding hydrogens is 420 g/mol. The van der Waals surface area contributed by atoms with Crippen LogP contribution in [0.3, 0.4) is 0 Å². The molecular formula is C22H20N2O8. The smallest absolute Gasteiger partial charge is 0.310 e. The van der Waals surface area contributed by atoms with Gasteiger partial charge in [0.1, 0.15) is 0 Å². The first kappa shape index (κ1) is 22.6. The van der Waals surface area contributed by atoms with E-state index < -0.39 is 45.5 Å². The first-order valence-electron chi connectivity index (χ1n) is 9.62. The third-order valence-corrected chi connectivity index (χ3v) is 5.62. The Balaban J connectivity index is 2.25. The lowest BCUT2D eigenvalue weighted by Gasteiger charge is -2.36. The normalized spacial score (nSPS) is 22.1. The van der Waals surface area contributed by atoms with E-state index in [0.29, 0.717) is 0 Å². The minimum Gasteiger partial charge on any atom is -0.469 e. The van der Waals surface area contributed by atoms with E-state index in [1.54, 1.807) is 24.3 Å². The molecule has 2 aromatic rings. The van der Waals surface area contributed by atoms with Crippen molar-refractivity contribution in [3.05, 3.63) is 92.0 Å². The maximum Gasteiger partial charge on any atom is 0.310 e. The third-order valence-electron chi connectivity index (χ3n) is 5.62. The first-order chi connectivity index (χ1) is 15.3. The molecule has 1 aliphatic rings. The molecule has 0 fully saturated rings. The second-order valence-corrected chi connectivity index (χ2v) is 7.17. The van der Waals surface area contributed by atoms with Crippen LogP contribution in [0, 0.1) is 32.1 Å². The van der Waals surface area contributed by atoms with Crippen molar-refractivity contribution in [1.82, 2.24) is 0 Å². The number of benzene rings is 2. The molecule has 0 aliphatic heterocycles. The van der Waals surface area contributed by atoms with Crippen LogP contribution >= 0.6 is 0 Å². The molecule has 4 atom stereocenters. The molecule has 2 aromatic carbocycles. The van der Waals surface area contributed by atoms with Gasteiger partial charge in [-0.15, -0.1) is 0 Å². The first-order valence-corrected chi connectivity index (χ1v) is 9.62. The summed E-state index contributed by atoms with van der Waals surface area (Å²) in [6, 6.07) is 11.8. The average Bonchev–Trinajstić information content (AvgIpc) is 2.81. The SMILES string of the molecule is COC(=O)[C@H]1[C@H](C(=O)OC)[C@H](c2ccccc2[N+](=O)[O-])C=C[C@@H]1c1ccccc1[N+](=O)[O-]. The zero-order chi connectivity index (χ0) is 23.4. The van der Waals surface area contributed by atoms with Gasteiger partial charge in [-0.25, -0.2) is 0 Å². The monoisotopic (exact) mass is 440 g/mol. The number of rotatable bonds is 6. The second-order valence-electron chi connectivity index (χ2n) is 7.17. The number of carbonyl (C=O) groups excluding carboxylic acids is 2. The molecule has 0 spiro atoms. The molecule has 0 N–H and O–H groups in total. The van der Waals surface area contributed by atoms with Gasteiger partial charge in [-0.2, -0.15) is 0 Å². The Bertz CT molecular complexity index is 1010. The molecule has 10 nitrogen and oxygen atoms in total. The summed E-state index contributed by atoms with van der Waals surface area (Å²) in [5.41, 5.74) is 0.00532. The van der Waals surface area contributed by atoms with Crippen LogP contribution in [0.5, 0.6) is 0 Å². The van der Waals surface area contributed by atoms with E-state index in [1.807, 2.05) is 0 Å². The Morgan fingerprint density at radius 2 is 1.06 bits per heavy atom. The van der Waals surface area contributed by atoms with Gasteiger partial charge in [-0.05, 0) is 0 Å².